The molecule has 1 heterocycles. The van der Waals surface area contributed by atoms with Crippen molar-refractivity contribution in [3.63, 3.8) is 0 Å². The van der Waals surface area contributed by atoms with Crippen molar-refractivity contribution in [3.05, 3.63) is 89.2 Å². The number of ketones is 1. The first-order chi connectivity index (χ1) is 15.1. The molecule has 0 saturated heterocycles. The largest absolute Gasteiger partial charge is 0.312 e. The number of Topliss-reactive ketones (excluding diaryl/α,β-unsaturated/α-hetero) is 1. The molecule has 0 aliphatic heterocycles. The van der Waals surface area contributed by atoms with Crippen molar-refractivity contribution < 1.29 is 9.59 Å². The van der Waals surface area contributed by atoms with Crippen molar-refractivity contribution in [1.29, 1.82) is 0 Å². The Morgan fingerprint density at radius 2 is 1.81 bits per heavy atom. The second-order valence-corrected chi connectivity index (χ2v) is 8.09. The van der Waals surface area contributed by atoms with Crippen LogP contribution < -0.4 is 5.43 Å². The summed E-state index contributed by atoms with van der Waals surface area (Å²) in [5.41, 5.74) is 5.68. The van der Waals surface area contributed by atoms with E-state index in [2.05, 4.69) is 20.7 Å². The van der Waals surface area contributed by atoms with E-state index in [-0.39, 0.29) is 17.4 Å². The van der Waals surface area contributed by atoms with Crippen LogP contribution in [-0.2, 0) is 12.8 Å². The van der Waals surface area contributed by atoms with Crippen LogP contribution >= 0.6 is 11.8 Å². The van der Waals surface area contributed by atoms with Gasteiger partial charge in [0.15, 0.2) is 5.16 Å². The van der Waals surface area contributed by atoms with Crippen molar-refractivity contribution in [3.8, 4) is 0 Å². The molecule has 1 aliphatic rings. The maximum absolute atomic E-state index is 12.8. The van der Waals surface area contributed by atoms with Gasteiger partial charge in [0.1, 0.15) is 12.0 Å². The molecule has 0 fully saturated rings. The lowest BCUT2D eigenvalue weighted by molar-refractivity contribution is 0.0955. The number of thioether (sulfide) groups is 1. The number of aromatic nitrogens is 3. The number of nitrogens with one attached hydrogen (secondary N) is 1. The highest BCUT2D eigenvalue weighted by Crippen LogP contribution is 2.30. The highest BCUT2D eigenvalue weighted by Gasteiger charge is 2.28. The Morgan fingerprint density at radius 3 is 2.52 bits per heavy atom. The minimum absolute atomic E-state index is 0.178. The summed E-state index contributed by atoms with van der Waals surface area (Å²) in [5, 5.41) is 14.8. The summed E-state index contributed by atoms with van der Waals surface area (Å²) in [6, 6.07) is 18.6. The van der Waals surface area contributed by atoms with Crippen LogP contribution in [-0.4, -0.2) is 32.2 Å². The topological polar surface area (TPSA) is 89.2 Å². The Kier molecular flexibility index (Phi) is 4.83. The summed E-state index contributed by atoms with van der Waals surface area (Å²) in [6.45, 7) is 0. The molecule has 1 aromatic heterocycles. The van der Waals surface area contributed by atoms with Crippen molar-refractivity contribution in [2.24, 2.45) is 12.1 Å². The number of hydrogen-bond donors (Lipinski definition) is 1. The number of aryl methyl sites for hydroxylation is 1. The van der Waals surface area contributed by atoms with Crippen LogP contribution in [0.2, 0.25) is 0 Å². The summed E-state index contributed by atoms with van der Waals surface area (Å²) in [4.78, 5) is 25.3. The second-order valence-electron chi connectivity index (χ2n) is 7.15. The van der Waals surface area contributed by atoms with Gasteiger partial charge in [0.25, 0.3) is 5.91 Å². The molecule has 1 N–H and O–H groups in total. The Hall–Kier alpha value is -3.78. The van der Waals surface area contributed by atoms with Crippen LogP contribution in [0.1, 0.15) is 31.8 Å². The van der Waals surface area contributed by atoms with Crippen LogP contribution in [0.25, 0.3) is 10.8 Å². The molecule has 3 aromatic carbocycles. The van der Waals surface area contributed by atoms with E-state index in [0.29, 0.717) is 16.9 Å². The molecule has 152 valence electrons. The van der Waals surface area contributed by atoms with Gasteiger partial charge < -0.3 is 4.57 Å². The normalized spacial score (nSPS) is 13.8. The minimum Gasteiger partial charge on any atom is -0.312 e. The van der Waals surface area contributed by atoms with Crippen molar-refractivity contribution >= 4 is 39.9 Å². The zero-order valence-electron chi connectivity index (χ0n) is 16.6. The Balaban J connectivity index is 1.30. The van der Waals surface area contributed by atoms with Gasteiger partial charge in [-0.05, 0) is 23.1 Å². The Morgan fingerprint density at radius 1 is 1.06 bits per heavy atom. The molecule has 0 spiro atoms. The molecule has 5 rings (SSSR count). The van der Waals surface area contributed by atoms with E-state index in [9.17, 15) is 9.59 Å². The summed E-state index contributed by atoms with van der Waals surface area (Å²) < 4.78 is 1.86. The Labute approximate surface area is 182 Å². The molecule has 0 unspecified atom stereocenters. The van der Waals surface area contributed by atoms with Gasteiger partial charge in [0.05, 0.1) is 0 Å². The molecular formula is C23H17N5O2S. The first-order valence-corrected chi connectivity index (χ1v) is 10.6. The Bertz CT molecular complexity index is 1350. The van der Waals surface area contributed by atoms with Gasteiger partial charge in [0, 0.05) is 34.9 Å². The predicted molar refractivity (Wildman–Crippen MR) is 119 cm³/mol. The quantitative estimate of drug-likeness (QED) is 0.388. The number of hydrogen-bond acceptors (Lipinski definition) is 6. The zero-order chi connectivity index (χ0) is 21.4. The number of rotatable bonds is 5. The van der Waals surface area contributed by atoms with Crippen LogP contribution in [0.15, 0.2) is 77.2 Å². The van der Waals surface area contributed by atoms with E-state index in [4.69, 9.17) is 0 Å². The molecule has 4 aromatic rings. The van der Waals surface area contributed by atoms with Crippen LogP contribution in [0, 0.1) is 0 Å². The summed E-state index contributed by atoms with van der Waals surface area (Å²) in [6.07, 6.45) is 1.66. The summed E-state index contributed by atoms with van der Waals surface area (Å²) >= 11 is 1.57. The second kappa shape index (κ2) is 7.81. The first-order valence-electron chi connectivity index (χ1n) is 9.62. The zero-order valence-corrected chi connectivity index (χ0v) is 17.4. The van der Waals surface area contributed by atoms with Gasteiger partial charge >= 0.3 is 0 Å². The SMILES string of the molecule is Cn1cnnc1SCc1ccc(C(=O)NN=C2C(=O)c3cccc4cccc2c34)cc1. The third-order valence-electron chi connectivity index (χ3n) is 5.14. The molecule has 7 nitrogen and oxygen atoms in total. The van der Waals surface area contributed by atoms with E-state index in [0.717, 1.165) is 27.1 Å². The fourth-order valence-corrected chi connectivity index (χ4v) is 4.41. The third kappa shape index (κ3) is 3.51. The third-order valence-corrected chi connectivity index (χ3v) is 6.25. The highest BCUT2D eigenvalue weighted by molar-refractivity contribution is 7.98. The molecule has 0 atom stereocenters. The van der Waals surface area contributed by atoms with Gasteiger partial charge in [-0.2, -0.15) is 5.10 Å². The minimum atomic E-state index is -0.365. The van der Waals surface area contributed by atoms with Gasteiger partial charge in [-0.25, -0.2) is 5.43 Å². The van der Waals surface area contributed by atoms with Gasteiger partial charge in [-0.3, -0.25) is 9.59 Å². The van der Waals surface area contributed by atoms with E-state index in [1.807, 2.05) is 54.1 Å². The van der Waals surface area contributed by atoms with E-state index < -0.39 is 0 Å². The fourth-order valence-electron chi connectivity index (χ4n) is 3.56. The van der Waals surface area contributed by atoms with Gasteiger partial charge in [0.2, 0.25) is 5.78 Å². The lowest BCUT2D eigenvalue weighted by Crippen LogP contribution is -2.22. The molecule has 0 bridgehead atoms. The number of carbonyl (C=O) groups is 2. The van der Waals surface area contributed by atoms with E-state index in [1.165, 1.54) is 0 Å². The number of benzene rings is 3. The van der Waals surface area contributed by atoms with E-state index in [1.54, 1.807) is 36.3 Å². The van der Waals surface area contributed by atoms with Crippen molar-refractivity contribution in [1.82, 2.24) is 20.2 Å². The van der Waals surface area contributed by atoms with Gasteiger partial charge in [-0.15, -0.1) is 10.2 Å². The summed E-state index contributed by atoms with van der Waals surface area (Å²) in [5.74, 6) is 0.173. The summed E-state index contributed by atoms with van der Waals surface area (Å²) in [7, 11) is 1.89. The molecule has 31 heavy (non-hydrogen) atoms. The molecule has 0 radical (unpaired) electrons. The average Bonchev–Trinajstić information content (AvgIpc) is 3.33. The maximum atomic E-state index is 12.8. The maximum Gasteiger partial charge on any atom is 0.271 e. The molecule has 8 heteroatoms. The lowest BCUT2D eigenvalue weighted by atomic mass is 10.1. The van der Waals surface area contributed by atoms with Crippen LogP contribution in [0.3, 0.4) is 0 Å². The first kappa shape index (κ1) is 19.2. The van der Waals surface area contributed by atoms with Crippen molar-refractivity contribution in [2.45, 2.75) is 10.9 Å². The molecule has 1 amide bonds. The highest BCUT2D eigenvalue weighted by atomic mass is 32.2. The number of nitrogens with zero attached hydrogens (tertiary/aromatic N) is 4. The smallest absolute Gasteiger partial charge is 0.271 e. The molecular weight excluding hydrogens is 410 g/mol. The van der Waals surface area contributed by atoms with E-state index >= 15 is 0 Å². The molecule has 0 saturated carbocycles. The number of carbonyl (C=O) groups excluding carboxylic acids is 2. The van der Waals surface area contributed by atoms with Crippen LogP contribution in [0.5, 0.6) is 0 Å². The fraction of sp³-hybridized carbons (Fsp3) is 0.0870. The average molecular weight is 427 g/mol. The number of hydrazone groups is 1. The van der Waals surface area contributed by atoms with Crippen molar-refractivity contribution in [2.75, 3.05) is 0 Å². The lowest BCUT2D eigenvalue weighted by Gasteiger charge is -2.04. The monoisotopic (exact) mass is 427 g/mol. The predicted octanol–water partition coefficient (Wildman–Crippen LogP) is 3.59. The molecule has 1 aliphatic carbocycles. The van der Waals surface area contributed by atoms with Crippen LogP contribution in [0.4, 0.5) is 0 Å². The van der Waals surface area contributed by atoms with Gasteiger partial charge in [-0.1, -0.05) is 60.3 Å². The standard InChI is InChI=1S/C23H17N5O2S/c1-28-13-24-27-23(28)31-12-14-8-10-16(11-9-14)22(30)26-25-20-17-6-2-4-15-5-3-7-18(19(15)17)21(20)29/h2-11,13H,12H2,1H3,(H,26,30). The number of amides is 1.